The Labute approximate surface area is 215 Å². The highest BCUT2D eigenvalue weighted by molar-refractivity contribution is 7.84. The van der Waals surface area contributed by atoms with Gasteiger partial charge in [-0.15, -0.1) is 10.1 Å². The third-order valence-corrected chi connectivity index (χ3v) is 6.91. The third kappa shape index (κ3) is 6.15. The Hall–Kier alpha value is -4.18. The first-order valence-corrected chi connectivity index (χ1v) is 12.8. The zero-order valence-corrected chi connectivity index (χ0v) is 20.9. The average Bonchev–Trinajstić information content (AvgIpc) is 3.12. The number of carbonyl (C=O) groups excluding carboxylic acids is 1. The predicted octanol–water partition coefficient (Wildman–Crippen LogP) is 5.13. The van der Waals surface area contributed by atoms with Gasteiger partial charge in [0.15, 0.2) is 0 Å². The number of hydrogen-bond donors (Lipinski definition) is 0. The van der Waals surface area contributed by atoms with Gasteiger partial charge in [-0.2, -0.15) is 0 Å². The molecule has 0 saturated carbocycles. The minimum atomic E-state index is -1.08. The summed E-state index contributed by atoms with van der Waals surface area (Å²) < 4.78 is 31.3. The van der Waals surface area contributed by atoms with Crippen LogP contribution in [0.2, 0.25) is 0 Å². The number of benzene rings is 2. The van der Waals surface area contributed by atoms with Crippen LogP contribution < -0.4 is 0 Å². The van der Waals surface area contributed by atoms with E-state index in [4.69, 9.17) is 4.74 Å². The van der Waals surface area contributed by atoms with Crippen LogP contribution in [0, 0.1) is 15.9 Å². The smallest absolute Gasteiger partial charge is 0.310 e. The van der Waals surface area contributed by atoms with E-state index in [9.17, 15) is 23.5 Å². The van der Waals surface area contributed by atoms with Crippen LogP contribution in [0.3, 0.4) is 0 Å². The highest BCUT2D eigenvalue weighted by atomic mass is 32.2. The second-order valence-electron chi connectivity index (χ2n) is 8.32. The van der Waals surface area contributed by atoms with Crippen molar-refractivity contribution in [3.8, 4) is 0 Å². The molecule has 0 aliphatic heterocycles. The van der Waals surface area contributed by atoms with E-state index in [1.165, 1.54) is 18.3 Å². The molecule has 1 atom stereocenters. The monoisotopic (exact) mass is 522 g/mol. The number of nitrogens with zero attached hydrogens (tertiary/aromatic N) is 2. The van der Waals surface area contributed by atoms with Gasteiger partial charge in [-0.1, -0.05) is 24.3 Å². The van der Waals surface area contributed by atoms with Crippen molar-refractivity contribution in [2.45, 2.75) is 31.5 Å². The van der Waals surface area contributed by atoms with Crippen LogP contribution in [-0.2, 0) is 38.4 Å². The molecule has 0 radical (unpaired) electrons. The lowest BCUT2D eigenvalue weighted by molar-refractivity contribution is -0.763. The number of fused-ring (bicyclic) bond motifs is 1. The molecule has 3 aromatic rings. The normalized spacial score (nSPS) is 14.4. The molecule has 2 aromatic carbocycles. The highest BCUT2D eigenvalue weighted by Crippen LogP contribution is 2.44. The Kier molecular flexibility index (Phi) is 7.88. The maximum Gasteiger partial charge on any atom is 0.310 e. The van der Waals surface area contributed by atoms with E-state index in [-0.39, 0.29) is 19.6 Å². The molecule has 190 valence electrons. The summed E-state index contributed by atoms with van der Waals surface area (Å²) in [7, 11) is -1.08. The molecule has 4 rings (SSSR count). The van der Waals surface area contributed by atoms with Gasteiger partial charge in [0, 0.05) is 33.7 Å². The van der Waals surface area contributed by atoms with Crippen LogP contribution >= 0.6 is 0 Å². The fraction of sp³-hybridized carbons (Fsp3) is 0.185. The van der Waals surface area contributed by atoms with Crippen LogP contribution in [0.25, 0.3) is 17.2 Å². The Balaban J connectivity index is 1.56. The van der Waals surface area contributed by atoms with Gasteiger partial charge in [0.1, 0.15) is 19.0 Å². The van der Waals surface area contributed by atoms with E-state index in [1.807, 2.05) is 25.1 Å². The van der Waals surface area contributed by atoms with Crippen molar-refractivity contribution < 1.29 is 28.1 Å². The molecule has 1 heterocycles. The summed E-state index contributed by atoms with van der Waals surface area (Å²) in [4.78, 5) is 32.6. The molecule has 1 unspecified atom stereocenters. The summed E-state index contributed by atoms with van der Waals surface area (Å²) in [6.07, 6.45) is 4.95. The van der Waals surface area contributed by atoms with Gasteiger partial charge in [0.2, 0.25) is 0 Å². The van der Waals surface area contributed by atoms with Crippen molar-refractivity contribution >= 4 is 34.0 Å². The molecule has 10 heteroatoms. The topological polar surface area (TPSA) is 109 Å². The van der Waals surface area contributed by atoms with E-state index < -0.39 is 27.7 Å². The van der Waals surface area contributed by atoms with E-state index in [2.05, 4.69) is 9.82 Å². The summed E-state index contributed by atoms with van der Waals surface area (Å²) in [5.74, 6) is -0.968. The number of hydrogen-bond acceptors (Lipinski definition) is 7. The van der Waals surface area contributed by atoms with Crippen molar-refractivity contribution in [3.05, 3.63) is 110 Å². The Morgan fingerprint density at radius 3 is 2.59 bits per heavy atom. The minimum absolute atomic E-state index is 0.0963. The Bertz CT molecular complexity index is 1450. The number of halogens is 1. The molecule has 1 aliphatic rings. The van der Waals surface area contributed by atoms with Crippen LogP contribution in [0.15, 0.2) is 71.3 Å². The van der Waals surface area contributed by atoms with Crippen molar-refractivity contribution in [2.75, 3.05) is 6.26 Å². The SMILES string of the molecule is CC1=C(CC(=O)OCc2ncccc2CO[N+](=O)[O-])c2cc(F)ccc2/C1=C\c1ccc(S(C)=O)cc1. The van der Waals surface area contributed by atoms with Gasteiger partial charge in [-0.05, 0) is 76.7 Å². The van der Waals surface area contributed by atoms with Gasteiger partial charge in [0.05, 0.1) is 12.1 Å². The summed E-state index contributed by atoms with van der Waals surface area (Å²) in [5.41, 5.74) is 5.39. The van der Waals surface area contributed by atoms with Gasteiger partial charge < -0.3 is 9.57 Å². The zero-order chi connectivity index (χ0) is 26.5. The molecule has 0 bridgehead atoms. The average molecular weight is 523 g/mol. The zero-order valence-electron chi connectivity index (χ0n) is 20.1. The van der Waals surface area contributed by atoms with Gasteiger partial charge in [-0.3, -0.25) is 14.0 Å². The summed E-state index contributed by atoms with van der Waals surface area (Å²) >= 11 is 0. The standard InChI is InChI=1S/C27H23FN2O6S/c1-17-23(12-18-5-8-21(9-6-18)37(2)34)22-10-7-20(28)13-25(22)24(17)14-27(31)35-16-26-19(4-3-11-29-26)15-36-30(32)33/h3-13H,14-16H2,1-2H3/b23-12-. The lowest BCUT2D eigenvalue weighted by Gasteiger charge is -2.10. The number of ether oxygens (including phenoxy) is 1. The molecule has 0 fully saturated rings. The van der Waals surface area contributed by atoms with Crippen molar-refractivity contribution in [3.63, 3.8) is 0 Å². The van der Waals surface area contributed by atoms with Crippen LogP contribution in [0.4, 0.5) is 4.39 Å². The second kappa shape index (κ2) is 11.3. The third-order valence-electron chi connectivity index (χ3n) is 5.98. The molecule has 0 saturated heterocycles. The number of allylic oxidation sites excluding steroid dienone is 2. The van der Waals surface area contributed by atoms with Crippen molar-refractivity contribution in [1.29, 1.82) is 0 Å². The Morgan fingerprint density at radius 2 is 1.89 bits per heavy atom. The van der Waals surface area contributed by atoms with E-state index in [0.29, 0.717) is 27.3 Å². The number of esters is 1. The van der Waals surface area contributed by atoms with Gasteiger partial charge in [-0.25, -0.2) is 4.39 Å². The molecule has 8 nitrogen and oxygen atoms in total. The molecular weight excluding hydrogens is 499 g/mol. The van der Waals surface area contributed by atoms with Crippen LogP contribution in [0.1, 0.15) is 41.3 Å². The predicted molar refractivity (Wildman–Crippen MR) is 136 cm³/mol. The van der Waals surface area contributed by atoms with Crippen molar-refractivity contribution in [1.82, 2.24) is 4.98 Å². The lowest BCUT2D eigenvalue weighted by atomic mass is 10.0. The lowest BCUT2D eigenvalue weighted by Crippen LogP contribution is -2.10. The molecule has 1 aliphatic carbocycles. The van der Waals surface area contributed by atoms with E-state index in [0.717, 1.165) is 22.3 Å². The number of rotatable bonds is 9. The number of carbonyl (C=O) groups is 1. The molecule has 37 heavy (non-hydrogen) atoms. The first-order chi connectivity index (χ1) is 17.7. The maximum atomic E-state index is 14.2. The second-order valence-corrected chi connectivity index (χ2v) is 9.70. The first kappa shape index (κ1) is 25.9. The highest BCUT2D eigenvalue weighted by Gasteiger charge is 2.26. The van der Waals surface area contributed by atoms with Gasteiger partial charge in [0.25, 0.3) is 5.09 Å². The van der Waals surface area contributed by atoms with E-state index >= 15 is 0 Å². The summed E-state index contributed by atoms with van der Waals surface area (Å²) in [6.45, 7) is 1.37. The van der Waals surface area contributed by atoms with Gasteiger partial charge >= 0.3 is 5.97 Å². The van der Waals surface area contributed by atoms with Crippen LogP contribution in [0.5, 0.6) is 0 Å². The minimum Gasteiger partial charge on any atom is -0.459 e. The number of pyridine rings is 1. The molecule has 1 aromatic heterocycles. The van der Waals surface area contributed by atoms with Crippen LogP contribution in [-0.4, -0.2) is 26.5 Å². The molecule has 0 N–H and O–H groups in total. The number of aromatic nitrogens is 1. The molecule has 0 spiro atoms. The van der Waals surface area contributed by atoms with Crippen molar-refractivity contribution in [2.24, 2.45) is 0 Å². The fourth-order valence-corrected chi connectivity index (χ4v) is 4.62. The maximum absolute atomic E-state index is 14.2. The first-order valence-electron chi connectivity index (χ1n) is 11.2. The summed E-state index contributed by atoms with van der Waals surface area (Å²) in [6, 6.07) is 15.0. The Morgan fingerprint density at radius 1 is 1.14 bits per heavy atom. The largest absolute Gasteiger partial charge is 0.459 e. The molecule has 0 amide bonds. The quantitative estimate of drug-likeness (QED) is 0.218. The fourth-order valence-electron chi connectivity index (χ4n) is 4.10. The summed E-state index contributed by atoms with van der Waals surface area (Å²) in [5, 5.41) is 9.61. The van der Waals surface area contributed by atoms with E-state index in [1.54, 1.807) is 36.6 Å². The molecular formula is C27H23FN2O6S.